The summed E-state index contributed by atoms with van der Waals surface area (Å²) in [4.78, 5) is 38.5. The van der Waals surface area contributed by atoms with E-state index in [0.29, 0.717) is 50.1 Å². The van der Waals surface area contributed by atoms with Gasteiger partial charge in [-0.2, -0.15) is 0 Å². The van der Waals surface area contributed by atoms with Crippen molar-refractivity contribution in [2.24, 2.45) is 0 Å². The maximum atomic E-state index is 13.1. The molecule has 0 unspecified atom stereocenters. The van der Waals surface area contributed by atoms with Crippen molar-refractivity contribution >= 4 is 51.0 Å². The molecule has 4 bridgehead atoms. The molecule has 1 N–H and O–H groups in total. The van der Waals surface area contributed by atoms with Gasteiger partial charge in [0.2, 0.25) is 0 Å². The highest BCUT2D eigenvalue weighted by Gasteiger charge is 2.35. The topological polar surface area (TPSA) is 82.3 Å². The molecule has 0 fully saturated rings. The number of hydrogen-bond donors (Lipinski definition) is 1. The van der Waals surface area contributed by atoms with E-state index in [2.05, 4.69) is 5.32 Å². The van der Waals surface area contributed by atoms with Crippen LogP contribution in [0.2, 0.25) is 0 Å². The lowest BCUT2D eigenvalue weighted by atomic mass is 10.1. The average molecular weight is 453 g/mol. The Bertz CT molecular complexity index is 1520. The summed E-state index contributed by atoms with van der Waals surface area (Å²) in [6.45, 7) is 0.352. The van der Waals surface area contributed by atoms with Gasteiger partial charge in [-0.15, -0.1) is 0 Å². The second kappa shape index (κ2) is 8.02. The van der Waals surface area contributed by atoms with Gasteiger partial charge in [0.05, 0.1) is 17.6 Å². The van der Waals surface area contributed by atoms with Crippen LogP contribution in [0.25, 0.3) is 33.2 Å². The van der Waals surface area contributed by atoms with Gasteiger partial charge in [0, 0.05) is 29.6 Å². The summed E-state index contributed by atoms with van der Waals surface area (Å²) in [6.07, 6.45) is 6.87. The van der Waals surface area contributed by atoms with Crippen LogP contribution >= 0.6 is 0 Å². The fourth-order valence-electron chi connectivity index (χ4n) is 5.10. The van der Waals surface area contributed by atoms with E-state index in [4.69, 9.17) is 4.74 Å². The first-order valence-corrected chi connectivity index (χ1v) is 11.6. The Morgan fingerprint density at radius 3 is 1.79 bits per heavy atom. The van der Waals surface area contributed by atoms with Crippen molar-refractivity contribution in [1.82, 2.24) is 14.5 Å². The Morgan fingerprint density at radius 2 is 1.21 bits per heavy atom. The van der Waals surface area contributed by atoms with Crippen molar-refractivity contribution in [2.45, 2.75) is 32.1 Å². The Hall–Kier alpha value is -4.13. The van der Waals surface area contributed by atoms with Gasteiger partial charge in [-0.1, -0.05) is 36.4 Å². The van der Waals surface area contributed by atoms with Crippen LogP contribution in [-0.2, 0) is 32.0 Å². The van der Waals surface area contributed by atoms with Gasteiger partial charge in [0.25, 0.3) is 11.8 Å². The third-order valence-electron chi connectivity index (χ3n) is 6.63. The van der Waals surface area contributed by atoms with Gasteiger partial charge in [-0.25, -0.2) is 0 Å². The lowest BCUT2D eigenvalue weighted by Crippen LogP contribution is -2.24. The van der Waals surface area contributed by atoms with Crippen LogP contribution in [0.15, 0.2) is 60.9 Å². The van der Waals surface area contributed by atoms with Crippen molar-refractivity contribution in [3.05, 3.63) is 72.1 Å². The monoisotopic (exact) mass is 453 g/mol. The first-order chi connectivity index (χ1) is 16.6. The van der Waals surface area contributed by atoms with E-state index in [1.54, 1.807) is 0 Å². The fraction of sp³-hybridized carbons (Fsp3) is 0.222. The molecule has 170 valence electrons. The smallest absolute Gasteiger partial charge is 0.305 e. The number of nitrogens with one attached hydrogen (secondary N) is 1. The van der Waals surface area contributed by atoms with Gasteiger partial charge in [0.1, 0.15) is 11.4 Å². The molecular weight excluding hydrogens is 430 g/mol. The fourth-order valence-corrected chi connectivity index (χ4v) is 5.10. The van der Waals surface area contributed by atoms with Gasteiger partial charge < -0.3 is 13.9 Å². The van der Waals surface area contributed by atoms with E-state index in [0.717, 1.165) is 32.9 Å². The van der Waals surface area contributed by atoms with Gasteiger partial charge in [-0.05, 0) is 48.9 Å². The van der Waals surface area contributed by atoms with Crippen LogP contribution < -0.4 is 5.32 Å². The zero-order valence-electron chi connectivity index (χ0n) is 18.5. The summed E-state index contributed by atoms with van der Waals surface area (Å²) in [6, 6.07) is 15.7. The van der Waals surface area contributed by atoms with Crippen molar-refractivity contribution < 1.29 is 19.1 Å². The number of hydrogen-bond acceptors (Lipinski definition) is 4. The highest BCUT2D eigenvalue weighted by Crippen LogP contribution is 2.34. The van der Waals surface area contributed by atoms with E-state index in [1.165, 1.54) is 0 Å². The number of imide groups is 1. The van der Waals surface area contributed by atoms with Crippen LogP contribution in [-0.4, -0.2) is 33.5 Å². The molecule has 0 spiro atoms. The summed E-state index contributed by atoms with van der Waals surface area (Å²) < 4.78 is 9.10. The molecule has 0 saturated carbocycles. The Morgan fingerprint density at radius 1 is 0.676 bits per heavy atom. The first-order valence-electron chi connectivity index (χ1n) is 11.6. The molecule has 4 aromatic rings. The van der Waals surface area contributed by atoms with E-state index < -0.39 is 11.8 Å². The third kappa shape index (κ3) is 3.23. The molecule has 34 heavy (non-hydrogen) atoms. The first kappa shape index (κ1) is 20.5. The molecule has 7 heteroatoms. The number of carbonyl (C=O) groups is 3. The molecule has 2 aliphatic heterocycles. The maximum absolute atomic E-state index is 13.1. The summed E-state index contributed by atoms with van der Waals surface area (Å²) in [5.41, 5.74) is 4.39. The number of aromatic nitrogens is 2. The maximum Gasteiger partial charge on any atom is 0.305 e. The minimum Gasteiger partial charge on any atom is -0.466 e. The van der Waals surface area contributed by atoms with Crippen LogP contribution in [0, 0.1) is 0 Å². The molecule has 6 rings (SSSR count). The molecule has 0 radical (unpaired) electrons. The zero-order valence-corrected chi connectivity index (χ0v) is 18.5. The Balaban J connectivity index is 1.64. The van der Waals surface area contributed by atoms with Crippen LogP contribution in [0.3, 0.4) is 0 Å². The predicted octanol–water partition coefficient (Wildman–Crippen LogP) is 3.89. The minimum absolute atomic E-state index is 0.191. The molecule has 2 aromatic carbocycles. The Labute approximate surface area is 195 Å². The Kier molecular flexibility index (Phi) is 4.83. The second-order valence-corrected chi connectivity index (χ2v) is 8.74. The van der Waals surface area contributed by atoms with Gasteiger partial charge in [-0.3, -0.25) is 19.7 Å². The lowest BCUT2D eigenvalue weighted by molar-refractivity contribution is -0.143. The molecule has 7 nitrogen and oxygen atoms in total. The summed E-state index contributed by atoms with van der Waals surface area (Å²) in [7, 11) is 0. The quantitative estimate of drug-likeness (QED) is 0.324. The van der Waals surface area contributed by atoms with Gasteiger partial charge >= 0.3 is 5.97 Å². The lowest BCUT2D eigenvalue weighted by Gasteiger charge is -2.09. The number of ether oxygens (including phenoxy) is 1. The number of carbonyl (C=O) groups excluding carboxylic acids is 3. The SMILES string of the molecule is O=C1CCCc2cn(c3ccccc23)C2=C(C(=O)NC2=O)n2cc(c3ccccc32)CCCO1. The largest absolute Gasteiger partial charge is 0.466 e. The van der Waals surface area contributed by atoms with Crippen molar-refractivity contribution in [2.75, 3.05) is 6.61 Å². The molecular formula is C27H23N3O4. The molecule has 4 heterocycles. The highest BCUT2D eigenvalue weighted by molar-refractivity contribution is 6.44. The standard InChI is InChI=1S/C27H23N3O4/c31-23-13-5-7-17-15-29(21-11-3-1-9-19(17)21)24-25(27(33)28-26(24)32)30-16-18(8-6-14-34-23)20-10-2-4-12-22(20)30/h1-4,9-12,15-16H,5-8,13-14H2,(H,28,32,33). The summed E-state index contributed by atoms with van der Waals surface area (Å²) in [5, 5.41) is 4.51. The second-order valence-electron chi connectivity index (χ2n) is 8.74. The zero-order chi connectivity index (χ0) is 23.2. The number of nitrogens with zero attached hydrogens (tertiary/aromatic N) is 2. The summed E-state index contributed by atoms with van der Waals surface area (Å²) in [5.74, 6) is -1.03. The molecule has 0 saturated heterocycles. The van der Waals surface area contributed by atoms with Crippen LogP contribution in [0.4, 0.5) is 0 Å². The molecule has 0 aliphatic carbocycles. The number of aryl methyl sites for hydroxylation is 2. The summed E-state index contributed by atoms with van der Waals surface area (Å²) >= 11 is 0. The third-order valence-corrected chi connectivity index (χ3v) is 6.63. The molecule has 2 aromatic heterocycles. The molecule has 2 amide bonds. The number of cyclic esters (lactones) is 1. The number of rotatable bonds is 0. The average Bonchev–Trinajstić information content (AvgIpc) is 3.47. The van der Waals surface area contributed by atoms with E-state index >= 15 is 0 Å². The number of amides is 2. The number of benzene rings is 2. The van der Waals surface area contributed by atoms with Crippen LogP contribution in [0.1, 0.15) is 30.4 Å². The number of esters is 1. The molecule has 2 aliphatic rings. The predicted molar refractivity (Wildman–Crippen MR) is 129 cm³/mol. The minimum atomic E-state index is -0.420. The van der Waals surface area contributed by atoms with Crippen molar-refractivity contribution in [3.63, 3.8) is 0 Å². The number of para-hydroxylation sites is 2. The van der Waals surface area contributed by atoms with E-state index in [1.807, 2.05) is 70.1 Å². The van der Waals surface area contributed by atoms with Gasteiger partial charge in [0.15, 0.2) is 0 Å². The normalized spacial score (nSPS) is 17.2. The molecule has 0 atom stereocenters. The number of fused-ring (bicyclic) bond motifs is 12. The van der Waals surface area contributed by atoms with Crippen molar-refractivity contribution in [1.29, 1.82) is 0 Å². The highest BCUT2D eigenvalue weighted by atomic mass is 16.5. The van der Waals surface area contributed by atoms with E-state index in [-0.39, 0.29) is 5.97 Å². The van der Waals surface area contributed by atoms with Crippen LogP contribution in [0.5, 0.6) is 0 Å². The van der Waals surface area contributed by atoms with Crippen molar-refractivity contribution in [3.8, 4) is 0 Å². The van der Waals surface area contributed by atoms with E-state index in [9.17, 15) is 14.4 Å².